The van der Waals surface area contributed by atoms with Crippen LogP contribution in [0.4, 0.5) is 10.5 Å². The summed E-state index contributed by atoms with van der Waals surface area (Å²) in [6.45, 7) is 5.49. The van der Waals surface area contributed by atoms with Crippen molar-refractivity contribution in [2.75, 3.05) is 25.5 Å². The number of anilines is 1. The van der Waals surface area contributed by atoms with Crippen LogP contribution in [0.1, 0.15) is 13.8 Å². The molecule has 0 fully saturated rings. The Kier molecular flexibility index (Phi) is 6.08. The summed E-state index contributed by atoms with van der Waals surface area (Å²) in [4.78, 5) is 13.6. The van der Waals surface area contributed by atoms with Crippen LogP contribution in [-0.4, -0.2) is 36.2 Å². The normalized spacial score (nSPS) is 9.63. The van der Waals surface area contributed by atoms with E-state index in [9.17, 15) is 4.79 Å². The average molecular weight is 281 g/mol. The third-order valence-electron chi connectivity index (χ3n) is 2.62. The van der Waals surface area contributed by atoms with Crippen LogP contribution < -0.4 is 15.4 Å². The van der Waals surface area contributed by atoms with Crippen molar-refractivity contribution < 1.29 is 9.53 Å². The van der Waals surface area contributed by atoms with Gasteiger partial charge in [-0.3, -0.25) is 5.32 Å². The lowest BCUT2D eigenvalue weighted by Gasteiger charge is -2.21. The van der Waals surface area contributed by atoms with Gasteiger partial charge < -0.3 is 15.0 Å². The summed E-state index contributed by atoms with van der Waals surface area (Å²) in [5, 5.41) is 5.77. The van der Waals surface area contributed by atoms with Crippen LogP contribution >= 0.6 is 12.2 Å². The molecule has 0 aliphatic rings. The van der Waals surface area contributed by atoms with Gasteiger partial charge in [0.15, 0.2) is 5.11 Å². The van der Waals surface area contributed by atoms with E-state index in [2.05, 4.69) is 10.6 Å². The number of carbonyl (C=O) groups is 1. The zero-order chi connectivity index (χ0) is 14.3. The van der Waals surface area contributed by atoms with E-state index < -0.39 is 0 Å². The Balaban J connectivity index is 2.52. The first-order valence-electron chi connectivity index (χ1n) is 6.11. The molecule has 5 nitrogen and oxygen atoms in total. The molecule has 6 heteroatoms. The first-order chi connectivity index (χ1) is 9.10. The first kappa shape index (κ1) is 15.2. The average Bonchev–Trinajstić information content (AvgIpc) is 2.40. The maximum absolute atomic E-state index is 11.7. The van der Waals surface area contributed by atoms with Gasteiger partial charge in [0.2, 0.25) is 0 Å². The molecule has 1 aromatic carbocycles. The molecule has 0 heterocycles. The van der Waals surface area contributed by atoms with Gasteiger partial charge in [-0.2, -0.15) is 0 Å². The van der Waals surface area contributed by atoms with Gasteiger partial charge in [-0.05, 0) is 50.3 Å². The van der Waals surface area contributed by atoms with Gasteiger partial charge in [0, 0.05) is 18.8 Å². The van der Waals surface area contributed by atoms with E-state index in [0.717, 1.165) is 18.8 Å². The van der Waals surface area contributed by atoms with E-state index in [-0.39, 0.29) is 6.03 Å². The molecule has 0 spiro atoms. The Morgan fingerprint density at radius 3 is 2.32 bits per heavy atom. The Labute approximate surface area is 118 Å². The molecule has 0 radical (unpaired) electrons. The predicted molar refractivity (Wildman–Crippen MR) is 80.7 cm³/mol. The third kappa shape index (κ3) is 4.75. The Hall–Kier alpha value is -1.82. The Bertz CT molecular complexity index is 430. The molecule has 0 atom stereocenters. The van der Waals surface area contributed by atoms with Gasteiger partial charge in [-0.25, -0.2) is 4.79 Å². The first-order valence-corrected chi connectivity index (χ1v) is 6.52. The molecule has 104 valence electrons. The summed E-state index contributed by atoms with van der Waals surface area (Å²) < 4.78 is 5.04. The molecule has 0 aliphatic carbocycles. The molecule has 0 bridgehead atoms. The van der Waals surface area contributed by atoms with Crippen LogP contribution in [0.2, 0.25) is 0 Å². The summed E-state index contributed by atoms with van der Waals surface area (Å²) >= 11 is 5.14. The summed E-state index contributed by atoms with van der Waals surface area (Å²) in [6.07, 6.45) is 0. The van der Waals surface area contributed by atoms with Gasteiger partial charge in [0.25, 0.3) is 0 Å². The molecule has 0 aromatic heterocycles. The van der Waals surface area contributed by atoms with Crippen molar-refractivity contribution in [3.63, 3.8) is 0 Å². The highest BCUT2D eigenvalue weighted by Gasteiger charge is 2.09. The van der Waals surface area contributed by atoms with Crippen molar-refractivity contribution in [2.24, 2.45) is 0 Å². The van der Waals surface area contributed by atoms with Crippen LogP contribution in [-0.2, 0) is 0 Å². The van der Waals surface area contributed by atoms with Crippen LogP contribution in [0.15, 0.2) is 24.3 Å². The standard InChI is InChI=1S/C13H19N3O2S/c1-4-16(5-2)13(19)15-12(17)14-10-6-8-11(18-3)9-7-10/h6-9H,4-5H2,1-3H3,(H2,14,15,17,19). The van der Waals surface area contributed by atoms with Crippen LogP contribution in [0, 0.1) is 0 Å². The molecule has 0 saturated heterocycles. The fourth-order valence-electron chi connectivity index (χ4n) is 1.52. The topological polar surface area (TPSA) is 53.6 Å². The lowest BCUT2D eigenvalue weighted by molar-refractivity contribution is 0.255. The second-order valence-corrected chi connectivity index (χ2v) is 4.17. The molecule has 2 N–H and O–H groups in total. The number of urea groups is 1. The van der Waals surface area contributed by atoms with E-state index in [0.29, 0.717) is 10.8 Å². The third-order valence-corrected chi connectivity index (χ3v) is 2.98. The van der Waals surface area contributed by atoms with Crippen LogP contribution in [0.3, 0.4) is 0 Å². The van der Waals surface area contributed by atoms with Crippen molar-refractivity contribution in [2.45, 2.75) is 13.8 Å². The fraction of sp³-hybridized carbons (Fsp3) is 0.385. The maximum atomic E-state index is 11.7. The molecule has 1 rings (SSSR count). The molecule has 19 heavy (non-hydrogen) atoms. The Morgan fingerprint density at radius 1 is 1.26 bits per heavy atom. The number of nitrogens with zero attached hydrogens (tertiary/aromatic N) is 1. The van der Waals surface area contributed by atoms with E-state index in [1.165, 1.54) is 0 Å². The molecular formula is C13H19N3O2S. The van der Waals surface area contributed by atoms with Gasteiger partial charge in [-0.15, -0.1) is 0 Å². The summed E-state index contributed by atoms with van der Waals surface area (Å²) in [5.41, 5.74) is 0.681. The van der Waals surface area contributed by atoms with E-state index in [1.807, 2.05) is 18.7 Å². The van der Waals surface area contributed by atoms with E-state index >= 15 is 0 Å². The van der Waals surface area contributed by atoms with E-state index in [4.69, 9.17) is 17.0 Å². The van der Waals surface area contributed by atoms with Crippen molar-refractivity contribution in [1.82, 2.24) is 10.2 Å². The number of amides is 2. The number of ether oxygens (including phenoxy) is 1. The zero-order valence-electron chi connectivity index (χ0n) is 11.4. The lowest BCUT2D eigenvalue weighted by Crippen LogP contribution is -2.44. The lowest BCUT2D eigenvalue weighted by atomic mass is 10.3. The van der Waals surface area contributed by atoms with Crippen molar-refractivity contribution in [3.05, 3.63) is 24.3 Å². The second-order valence-electron chi connectivity index (χ2n) is 3.79. The monoisotopic (exact) mass is 281 g/mol. The maximum Gasteiger partial charge on any atom is 0.325 e. The van der Waals surface area contributed by atoms with Gasteiger partial charge in [-0.1, -0.05) is 0 Å². The molecule has 0 aliphatic heterocycles. The van der Waals surface area contributed by atoms with Gasteiger partial charge in [0.1, 0.15) is 5.75 Å². The van der Waals surface area contributed by atoms with Crippen molar-refractivity contribution >= 4 is 29.0 Å². The van der Waals surface area contributed by atoms with Gasteiger partial charge >= 0.3 is 6.03 Å². The Morgan fingerprint density at radius 2 is 1.84 bits per heavy atom. The zero-order valence-corrected chi connectivity index (χ0v) is 12.2. The minimum Gasteiger partial charge on any atom is -0.497 e. The quantitative estimate of drug-likeness (QED) is 0.832. The summed E-state index contributed by atoms with van der Waals surface area (Å²) in [6, 6.07) is 6.73. The van der Waals surface area contributed by atoms with Crippen LogP contribution in [0.25, 0.3) is 0 Å². The number of thiocarbonyl (C=S) groups is 1. The minimum atomic E-state index is -0.345. The molecule has 0 saturated carbocycles. The van der Waals surface area contributed by atoms with E-state index in [1.54, 1.807) is 31.4 Å². The molecular weight excluding hydrogens is 262 g/mol. The summed E-state index contributed by atoms with van der Waals surface area (Å²) in [7, 11) is 1.59. The van der Waals surface area contributed by atoms with Gasteiger partial charge in [0.05, 0.1) is 7.11 Å². The number of hydrogen-bond donors (Lipinski definition) is 2. The SMILES string of the molecule is CCN(CC)C(=S)NC(=O)Nc1ccc(OC)cc1. The van der Waals surface area contributed by atoms with Crippen LogP contribution in [0.5, 0.6) is 5.75 Å². The fourth-order valence-corrected chi connectivity index (χ4v) is 1.87. The molecule has 0 unspecified atom stereocenters. The smallest absolute Gasteiger partial charge is 0.325 e. The second kappa shape index (κ2) is 7.58. The number of nitrogens with one attached hydrogen (secondary N) is 2. The number of benzene rings is 1. The highest BCUT2D eigenvalue weighted by atomic mass is 32.1. The number of carbonyl (C=O) groups excluding carboxylic acids is 1. The molecule has 2 amide bonds. The summed E-state index contributed by atoms with van der Waals surface area (Å²) in [5.74, 6) is 0.740. The van der Waals surface area contributed by atoms with Crippen molar-refractivity contribution in [3.8, 4) is 5.75 Å². The predicted octanol–water partition coefficient (Wildman–Crippen LogP) is 2.44. The minimum absolute atomic E-state index is 0.345. The highest BCUT2D eigenvalue weighted by Crippen LogP contribution is 2.14. The number of rotatable bonds is 4. The number of methoxy groups -OCH3 is 1. The molecule has 1 aromatic rings. The van der Waals surface area contributed by atoms with Crippen molar-refractivity contribution in [1.29, 1.82) is 0 Å². The highest BCUT2D eigenvalue weighted by molar-refractivity contribution is 7.80. The largest absolute Gasteiger partial charge is 0.497 e. The number of hydrogen-bond acceptors (Lipinski definition) is 3.